The third-order valence-electron chi connectivity index (χ3n) is 8.94. The predicted molar refractivity (Wildman–Crippen MR) is 109 cm³/mol. The molecule has 0 bridgehead atoms. The fourth-order valence-electron chi connectivity index (χ4n) is 7.30. The van der Waals surface area contributed by atoms with Crippen LogP contribution in [0, 0.1) is 34.0 Å². The average Bonchev–Trinajstić information content (AvgIpc) is 2.94. The first-order chi connectivity index (χ1) is 12.8. The number of ether oxygens (including phenoxy) is 1. The van der Waals surface area contributed by atoms with Gasteiger partial charge in [-0.1, -0.05) is 25.5 Å². The first kappa shape index (κ1) is 19.4. The Kier molecular flexibility index (Phi) is 5.17. The first-order valence-corrected chi connectivity index (χ1v) is 11.2. The minimum absolute atomic E-state index is 0.0765. The number of fused-ring (bicyclic) bond motifs is 5. The minimum Gasteiger partial charge on any atom is -0.393 e. The summed E-state index contributed by atoms with van der Waals surface area (Å²) in [5.74, 6) is 2.58. The molecule has 4 rings (SSSR count). The van der Waals surface area contributed by atoms with Gasteiger partial charge in [0.1, 0.15) is 0 Å². The van der Waals surface area contributed by atoms with Crippen molar-refractivity contribution in [2.75, 3.05) is 6.61 Å². The molecule has 0 aromatic carbocycles. The van der Waals surface area contributed by atoms with Crippen LogP contribution >= 0.6 is 0 Å². The van der Waals surface area contributed by atoms with Gasteiger partial charge in [-0.2, -0.15) is 0 Å². The van der Waals surface area contributed by atoms with Crippen molar-refractivity contribution in [2.45, 2.75) is 90.3 Å². The van der Waals surface area contributed by atoms with Crippen molar-refractivity contribution in [3.8, 4) is 0 Å². The Balaban J connectivity index is 1.44. The second kappa shape index (κ2) is 7.18. The molecule has 0 amide bonds. The summed E-state index contributed by atoms with van der Waals surface area (Å²) in [5, 5.41) is 17.9. The Morgan fingerprint density at radius 1 is 1.19 bits per heavy atom. The second-order valence-electron chi connectivity index (χ2n) is 10.2. The molecular weight excluding hydrogens is 336 g/mol. The number of nitrogens with two attached hydrogens (primary N) is 1. The summed E-state index contributed by atoms with van der Waals surface area (Å²) in [7, 11) is 0. The molecule has 3 fully saturated rings. The Morgan fingerprint density at radius 3 is 2.78 bits per heavy atom. The maximum atomic E-state index is 10.6. The molecule has 4 N–H and O–H groups in total. The van der Waals surface area contributed by atoms with E-state index in [1.165, 1.54) is 38.5 Å². The molecule has 152 valence electrons. The van der Waals surface area contributed by atoms with Crippen molar-refractivity contribution < 1.29 is 9.84 Å². The van der Waals surface area contributed by atoms with Crippen LogP contribution in [0.25, 0.3) is 0 Å². The lowest BCUT2D eigenvalue weighted by molar-refractivity contribution is -0.0779. The zero-order chi connectivity index (χ0) is 19.2. The van der Waals surface area contributed by atoms with E-state index in [4.69, 9.17) is 15.9 Å². The zero-order valence-corrected chi connectivity index (χ0v) is 17.2. The van der Waals surface area contributed by atoms with E-state index in [9.17, 15) is 5.11 Å². The summed E-state index contributed by atoms with van der Waals surface area (Å²) in [5.41, 5.74) is 7.60. The molecule has 3 saturated carbocycles. The van der Waals surface area contributed by atoms with Crippen molar-refractivity contribution in [1.29, 1.82) is 5.41 Å². The smallest absolute Gasteiger partial charge is 0.0906 e. The van der Waals surface area contributed by atoms with E-state index >= 15 is 0 Å². The fourth-order valence-corrected chi connectivity index (χ4v) is 7.30. The molecule has 0 aromatic rings. The van der Waals surface area contributed by atoms with Gasteiger partial charge >= 0.3 is 0 Å². The van der Waals surface area contributed by atoms with Crippen LogP contribution in [0.3, 0.4) is 0 Å². The van der Waals surface area contributed by atoms with Crippen LogP contribution < -0.4 is 5.73 Å². The van der Waals surface area contributed by atoms with E-state index in [1.807, 2.05) is 0 Å². The number of allylic oxidation sites excluding steroid dienone is 1. The quantitative estimate of drug-likeness (QED) is 0.289. The number of nitrogens with one attached hydrogen (secondary N) is 1. The van der Waals surface area contributed by atoms with Crippen molar-refractivity contribution in [3.05, 3.63) is 11.6 Å². The van der Waals surface area contributed by atoms with E-state index < -0.39 is 0 Å². The summed E-state index contributed by atoms with van der Waals surface area (Å²) in [6, 6.07) is 0. The molecule has 27 heavy (non-hydrogen) atoms. The SMILES string of the molecule is C[C@]12CC[C@H](OCCCC(=N)N)C=C1CCC1C2CC[C@@]2(C)C1CC[C@@H]2O. The van der Waals surface area contributed by atoms with Gasteiger partial charge in [-0.15, -0.1) is 0 Å². The van der Waals surface area contributed by atoms with Crippen LogP contribution in [0.1, 0.15) is 78.1 Å². The van der Waals surface area contributed by atoms with Gasteiger partial charge in [-0.05, 0) is 86.4 Å². The molecule has 3 unspecified atom stereocenters. The van der Waals surface area contributed by atoms with Crippen LogP contribution in [0.5, 0.6) is 0 Å². The summed E-state index contributed by atoms with van der Waals surface area (Å²) >= 11 is 0. The second-order valence-corrected chi connectivity index (χ2v) is 10.2. The molecule has 0 heterocycles. The third-order valence-corrected chi connectivity index (χ3v) is 8.94. The minimum atomic E-state index is -0.0765. The molecule has 4 aliphatic carbocycles. The van der Waals surface area contributed by atoms with Gasteiger partial charge in [0.25, 0.3) is 0 Å². The lowest BCUT2D eigenvalue weighted by Crippen LogP contribution is -2.51. The van der Waals surface area contributed by atoms with Crippen LogP contribution in [0.4, 0.5) is 0 Å². The molecule has 4 heteroatoms. The predicted octanol–water partition coefficient (Wildman–Crippen LogP) is 4.41. The highest BCUT2D eigenvalue weighted by atomic mass is 16.5. The normalized spacial score (nSPS) is 46.2. The Hall–Kier alpha value is -0.870. The maximum Gasteiger partial charge on any atom is 0.0906 e. The Bertz CT molecular complexity index is 617. The molecule has 4 nitrogen and oxygen atoms in total. The van der Waals surface area contributed by atoms with Crippen LogP contribution in [-0.4, -0.2) is 29.8 Å². The maximum absolute atomic E-state index is 10.6. The van der Waals surface area contributed by atoms with Crippen LogP contribution in [-0.2, 0) is 4.74 Å². The molecule has 7 atom stereocenters. The van der Waals surface area contributed by atoms with Crippen LogP contribution in [0.15, 0.2) is 11.6 Å². The number of aliphatic hydroxyl groups excluding tert-OH is 1. The molecule has 0 aromatic heterocycles. The molecule has 4 aliphatic rings. The summed E-state index contributed by atoms with van der Waals surface area (Å²) < 4.78 is 6.10. The van der Waals surface area contributed by atoms with E-state index in [0.29, 0.717) is 18.4 Å². The lowest BCUT2D eigenvalue weighted by atomic mass is 9.47. The van der Waals surface area contributed by atoms with Crippen LogP contribution in [0.2, 0.25) is 0 Å². The number of rotatable bonds is 5. The van der Waals surface area contributed by atoms with Crippen molar-refractivity contribution >= 4 is 5.84 Å². The van der Waals surface area contributed by atoms with Gasteiger partial charge in [0.2, 0.25) is 0 Å². The van der Waals surface area contributed by atoms with E-state index in [2.05, 4.69) is 19.9 Å². The standard InChI is InChI=1S/C23H38N2O2/c1-22-11-9-16(27-13-3-4-21(24)25)14-15(22)5-6-17-18-7-8-20(26)23(18,2)12-10-19(17)22/h14,16-20,26H,3-13H2,1-2H3,(H3,24,25)/t16-,17?,18?,19?,20-,22-,23-/m0/s1. The first-order valence-electron chi connectivity index (χ1n) is 11.2. The van der Waals surface area contributed by atoms with E-state index in [-0.39, 0.29) is 23.5 Å². The molecule has 0 radical (unpaired) electrons. The topological polar surface area (TPSA) is 79.3 Å². The number of amidine groups is 1. The highest BCUT2D eigenvalue weighted by Crippen LogP contribution is 2.65. The van der Waals surface area contributed by atoms with Gasteiger partial charge in [-0.25, -0.2) is 0 Å². The molecule has 0 aliphatic heterocycles. The van der Waals surface area contributed by atoms with Gasteiger partial charge in [0.05, 0.1) is 18.0 Å². The Labute approximate surface area is 164 Å². The van der Waals surface area contributed by atoms with Crippen molar-refractivity contribution in [2.24, 2.45) is 34.3 Å². The van der Waals surface area contributed by atoms with Gasteiger partial charge < -0.3 is 15.6 Å². The summed E-state index contributed by atoms with van der Waals surface area (Å²) in [4.78, 5) is 0. The molecular formula is C23H38N2O2. The summed E-state index contributed by atoms with van der Waals surface area (Å²) in [6.07, 6.45) is 13.7. The molecule has 0 saturated heterocycles. The fraction of sp³-hybridized carbons (Fsp3) is 0.870. The lowest BCUT2D eigenvalue weighted by Gasteiger charge is -2.58. The zero-order valence-electron chi connectivity index (χ0n) is 17.2. The van der Waals surface area contributed by atoms with E-state index in [0.717, 1.165) is 37.0 Å². The van der Waals surface area contributed by atoms with Gasteiger partial charge in [0, 0.05) is 13.0 Å². The largest absolute Gasteiger partial charge is 0.393 e. The number of aliphatic hydroxyl groups is 1. The summed E-state index contributed by atoms with van der Waals surface area (Å²) in [6.45, 7) is 5.59. The third kappa shape index (κ3) is 3.27. The molecule has 0 spiro atoms. The van der Waals surface area contributed by atoms with E-state index in [1.54, 1.807) is 5.57 Å². The highest BCUT2D eigenvalue weighted by molar-refractivity contribution is 5.76. The van der Waals surface area contributed by atoms with Crippen molar-refractivity contribution in [1.82, 2.24) is 0 Å². The van der Waals surface area contributed by atoms with Crippen molar-refractivity contribution in [3.63, 3.8) is 0 Å². The highest BCUT2D eigenvalue weighted by Gasteiger charge is 2.58. The Morgan fingerprint density at radius 2 is 2.00 bits per heavy atom. The average molecular weight is 375 g/mol. The monoisotopic (exact) mass is 374 g/mol. The number of hydrogen-bond acceptors (Lipinski definition) is 3. The van der Waals surface area contributed by atoms with Gasteiger partial charge in [-0.3, -0.25) is 5.41 Å². The number of hydrogen-bond donors (Lipinski definition) is 3. The van der Waals surface area contributed by atoms with Gasteiger partial charge in [0.15, 0.2) is 0 Å².